The van der Waals surface area contributed by atoms with Gasteiger partial charge in [-0.2, -0.15) is 4.72 Å². The van der Waals surface area contributed by atoms with Gasteiger partial charge in [-0.25, -0.2) is 8.42 Å². The maximum absolute atomic E-state index is 12.6. The molecule has 0 radical (unpaired) electrons. The molecule has 0 saturated heterocycles. The van der Waals surface area contributed by atoms with Gasteiger partial charge in [-0.1, -0.05) is 13.8 Å². The van der Waals surface area contributed by atoms with Gasteiger partial charge in [-0.15, -0.1) is 0 Å². The highest BCUT2D eigenvalue weighted by atomic mass is 32.2. The van der Waals surface area contributed by atoms with E-state index in [0.717, 1.165) is 0 Å². The van der Waals surface area contributed by atoms with Crippen molar-refractivity contribution in [3.8, 4) is 0 Å². The number of benzene rings is 2. The van der Waals surface area contributed by atoms with Gasteiger partial charge in [-0.3, -0.25) is 14.9 Å². The third-order valence-corrected chi connectivity index (χ3v) is 5.60. The van der Waals surface area contributed by atoms with Gasteiger partial charge in [0.15, 0.2) is 0 Å². The number of hydrogen-bond donors (Lipinski definition) is 2. The number of fused-ring (bicyclic) bond motifs is 3. The summed E-state index contributed by atoms with van der Waals surface area (Å²) in [4.78, 5) is 21.5. The molecule has 0 aliphatic carbocycles. The number of carbonyl (C=O) groups is 1. The van der Waals surface area contributed by atoms with Gasteiger partial charge in [0, 0.05) is 16.8 Å². The molecule has 2 N–H and O–H groups in total. The van der Waals surface area contributed by atoms with Crippen molar-refractivity contribution in [3.05, 3.63) is 46.5 Å². The number of carboxylic acid groups (broad SMARTS) is 1. The first-order valence-electron chi connectivity index (χ1n) is 7.96. The Morgan fingerprint density at radius 2 is 1.85 bits per heavy atom. The summed E-state index contributed by atoms with van der Waals surface area (Å²) in [5.74, 6) is -1.72. The van der Waals surface area contributed by atoms with Crippen molar-refractivity contribution in [2.45, 2.75) is 24.8 Å². The molecule has 0 aliphatic heterocycles. The molecular formula is C17H16N2O7S. The molecule has 10 heteroatoms. The van der Waals surface area contributed by atoms with E-state index in [4.69, 9.17) is 4.42 Å². The average molecular weight is 392 g/mol. The fraction of sp³-hybridized carbons (Fsp3) is 0.235. The number of aliphatic carboxylic acids is 1. The molecule has 142 valence electrons. The van der Waals surface area contributed by atoms with Gasteiger partial charge < -0.3 is 9.52 Å². The number of rotatable bonds is 6. The van der Waals surface area contributed by atoms with E-state index in [0.29, 0.717) is 16.4 Å². The first kappa shape index (κ1) is 18.8. The summed E-state index contributed by atoms with van der Waals surface area (Å²) in [7, 11) is -4.09. The van der Waals surface area contributed by atoms with Gasteiger partial charge in [0.25, 0.3) is 5.69 Å². The molecular weight excluding hydrogens is 376 g/mol. The maximum atomic E-state index is 12.6. The van der Waals surface area contributed by atoms with Crippen LogP contribution in [0, 0.1) is 16.0 Å². The molecule has 1 heterocycles. The minimum absolute atomic E-state index is 0.122. The molecule has 0 spiro atoms. The smallest absolute Gasteiger partial charge is 0.322 e. The maximum Gasteiger partial charge on any atom is 0.322 e. The Hall–Kier alpha value is -2.98. The van der Waals surface area contributed by atoms with E-state index in [1.54, 1.807) is 13.8 Å². The summed E-state index contributed by atoms with van der Waals surface area (Å²) >= 11 is 0. The number of nitro benzene ring substituents is 1. The van der Waals surface area contributed by atoms with Gasteiger partial charge in [-0.05, 0) is 30.2 Å². The molecule has 0 saturated carbocycles. The summed E-state index contributed by atoms with van der Waals surface area (Å²) in [5, 5.41) is 21.1. The molecule has 1 unspecified atom stereocenters. The first-order chi connectivity index (χ1) is 12.6. The highest BCUT2D eigenvalue weighted by Gasteiger charge is 2.28. The summed E-state index contributed by atoms with van der Waals surface area (Å²) in [5.41, 5.74) is 0.479. The van der Waals surface area contributed by atoms with Gasteiger partial charge in [0.05, 0.1) is 15.9 Å². The number of nitrogens with zero attached hydrogens (tertiary/aromatic N) is 1. The number of non-ortho nitro benzene ring substituents is 1. The van der Waals surface area contributed by atoms with Crippen LogP contribution in [0.15, 0.2) is 45.7 Å². The van der Waals surface area contributed by atoms with Gasteiger partial charge >= 0.3 is 5.97 Å². The predicted octanol–water partition coefficient (Wildman–Crippen LogP) is 2.88. The lowest BCUT2D eigenvalue weighted by molar-refractivity contribution is -0.384. The Labute approximate surface area is 153 Å². The molecule has 27 heavy (non-hydrogen) atoms. The van der Waals surface area contributed by atoms with Crippen molar-refractivity contribution < 1.29 is 27.7 Å². The third kappa shape index (κ3) is 3.49. The number of carboxylic acids is 1. The van der Waals surface area contributed by atoms with E-state index in [2.05, 4.69) is 4.72 Å². The summed E-state index contributed by atoms with van der Waals surface area (Å²) < 4.78 is 32.9. The van der Waals surface area contributed by atoms with Crippen molar-refractivity contribution >= 4 is 43.6 Å². The molecule has 0 bridgehead atoms. The number of hydrogen-bond acceptors (Lipinski definition) is 6. The van der Waals surface area contributed by atoms with Crippen LogP contribution in [0.2, 0.25) is 0 Å². The normalized spacial score (nSPS) is 13.3. The van der Waals surface area contributed by atoms with Crippen LogP contribution in [0.3, 0.4) is 0 Å². The van der Waals surface area contributed by atoms with Crippen molar-refractivity contribution in [1.29, 1.82) is 0 Å². The number of furan rings is 1. The van der Waals surface area contributed by atoms with Crippen LogP contribution in [0.5, 0.6) is 0 Å². The monoisotopic (exact) mass is 392 g/mol. The molecule has 1 atom stereocenters. The fourth-order valence-electron chi connectivity index (χ4n) is 2.73. The quantitative estimate of drug-likeness (QED) is 0.485. The molecule has 9 nitrogen and oxygen atoms in total. The lowest BCUT2D eigenvalue weighted by Crippen LogP contribution is -2.44. The van der Waals surface area contributed by atoms with E-state index in [9.17, 15) is 28.4 Å². The summed E-state index contributed by atoms with van der Waals surface area (Å²) in [6.07, 6.45) is 0. The summed E-state index contributed by atoms with van der Waals surface area (Å²) in [6.45, 7) is 3.20. The molecule has 3 aromatic rings. The average Bonchev–Trinajstić information content (AvgIpc) is 2.96. The van der Waals surface area contributed by atoms with Crippen LogP contribution in [0.25, 0.3) is 21.9 Å². The zero-order chi connectivity index (χ0) is 19.9. The van der Waals surface area contributed by atoms with Crippen LogP contribution >= 0.6 is 0 Å². The molecule has 1 aromatic heterocycles. The van der Waals surface area contributed by atoms with E-state index in [1.165, 1.54) is 36.4 Å². The van der Waals surface area contributed by atoms with E-state index in [1.807, 2.05) is 0 Å². The van der Waals surface area contributed by atoms with Crippen molar-refractivity contribution in [2.75, 3.05) is 0 Å². The third-order valence-electron chi connectivity index (χ3n) is 4.16. The van der Waals surface area contributed by atoms with Crippen molar-refractivity contribution in [1.82, 2.24) is 4.72 Å². The second-order valence-corrected chi connectivity index (χ2v) is 8.09. The lowest BCUT2D eigenvalue weighted by Gasteiger charge is -2.17. The van der Waals surface area contributed by atoms with Crippen LogP contribution in [-0.2, 0) is 14.8 Å². The molecule has 0 aliphatic rings. The minimum atomic E-state index is -4.09. The van der Waals surface area contributed by atoms with Crippen molar-refractivity contribution in [3.63, 3.8) is 0 Å². The topological polar surface area (TPSA) is 140 Å². The number of nitrogens with one attached hydrogen (secondary N) is 1. The SMILES string of the molecule is CC(C)C(NS(=O)(=O)c1ccc2oc3cc([N+](=O)[O-])ccc3c2c1)C(=O)O. The zero-order valence-corrected chi connectivity index (χ0v) is 15.2. The Balaban J connectivity index is 2.08. The highest BCUT2D eigenvalue weighted by Crippen LogP contribution is 2.32. The van der Waals surface area contributed by atoms with Gasteiger partial charge in [0.1, 0.15) is 17.2 Å². The number of nitro groups is 1. The Morgan fingerprint density at radius 1 is 1.15 bits per heavy atom. The predicted molar refractivity (Wildman–Crippen MR) is 97.0 cm³/mol. The molecule has 2 aromatic carbocycles. The first-order valence-corrected chi connectivity index (χ1v) is 9.44. The second kappa shape index (κ2) is 6.63. The van der Waals surface area contributed by atoms with Gasteiger partial charge in [0.2, 0.25) is 10.0 Å². The Morgan fingerprint density at radius 3 is 2.44 bits per heavy atom. The Bertz CT molecular complexity index is 1160. The van der Waals surface area contributed by atoms with Crippen LogP contribution in [-0.4, -0.2) is 30.5 Å². The Kier molecular flexibility index (Phi) is 4.62. The largest absolute Gasteiger partial charge is 0.480 e. The van der Waals surface area contributed by atoms with E-state index in [-0.39, 0.29) is 16.2 Å². The molecule has 0 amide bonds. The molecule has 0 fully saturated rings. The van der Waals surface area contributed by atoms with Crippen LogP contribution in [0.1, 0.15) is 13.8 Å². The minimum Gasteiger partial charge on any atom is -0.480 e. The number of sulfonamides is 1. The lowest BCUT2D eigenvalue weighted by atomic mass is 10.1. The highest BCUT2D eigenvalue weighted by molar-refractivity contribution is 7.89. The van der Waals surface area contributed by atoms with Crippen molar-refractivity contribution in [2.24, 2.45) is 5.92 Å². The van der Waals surface area contributed by atoms with E-state index >= 15 is 0 Å². The second-order valence-electron chi connectivity index (χ2n) is 6.38. The summed E-state index contributed by atoms with van der Waals surface area (Å²) in [6, 6.07) is 6.86. The molecule has 3 rings (SSSR count). The fourth-order valence-corrected chi connectivity index (χ4v) is 4.10. The van der Waals surface area contributed by atoms with E-state index < -0.39 is 32.9 Å². The zero-order valence-electron chi connectivity index (χ0n) is 14.4. The van der Waals surface area contributed by atoms with Crippen LogP contribution in [0.4, 0.5) is 5.69 Å². The van der Waals surface area contributed by atoms with Crippen LogP contribution < -0.4 is 4.72 Å². The standard InChI is InChI=1S/C17H16N2O7S/c1-9(2)16(17(20)21)18-27(24,25)11-4-6-14-13(8-11)12-5-3-10(19(22)23)7-15(12)26-14/h3-9,16,18H,1-2H3,(H,20,21).